The number of nitrogens with zero attached hydrogens (tertiary/aromatic N) is 2. The molecule has 0 heterocycles. The Morgan fingerprint density at radius 3 is 2.46 bits per heavy atom. The minimum atomic E-state index is 0.134. The second kappa shape index (κ2) is 3.46. The number of benzene rings is 1. The lowest BCUT2D eigenvalue weighted by molar-refractivity contribution is 1.25. The third-order valence-corrected chi connectivity index (χ3v) is 1.68. The Balaban J connectivity index is 3.34. The first kappa shape index (κ1) is 8.89. The molecule has 0 aromatic heterocycles. The van der Waals surface area contributed by atoms with Gasteiger partial charge in [0.15, 0.2) is 0 Å². The fraction of sp³-hybridized carbons (Fsp3) is 0.111. The Labute approximate surface area is 76.0 Å². The number of nitrogen functional groups attached to an aromatic ring is 2. The molecule has 1 aromatic carbocycles. The first-order valence-corrected chi connectivity index (χ1v) is 3.64. The molecule has 0 saturated heterocycles. The zero-order chi connectivity index (χ0) is 9.84. The minimum Gasteiger partial charge on any atom is -0.399 e. The lowest BCUT2D eigenvalue weighted by Gasteiger charge is -2.04. The highest BCUT2D eigenvalue weighted by Crippen LogP contribution is 2.20. The van der Waals surface area contributed by atoms with Gasteiger partial charge < -0.3 is 11.5 Å². The van der Waals surface area contributed by atoms with Crippen LogP contribution in [0.5, 0.6) is 0 Å². The maximum Gasteiger partial charge on any atom is 0.0996 e. The van der Waals surface area contributed by atoms with E-state index in [1.165, 1.54) is 6.07 Å². The molecule has 0 fully saturated rings. The van der Waals surface area contributed by atoms with Gasteiger partial charge in [-0.1, -0.05) is 0 Å². The molecular weight excluding hydrogens is 164 g/mol. The van der Waals surface area contributed by atoms with E-state index in [0.29, 0.717) is 22.5 Å². The second-order valence-electron chi connectivity index (χ2n) is 2.58. The molecule has 0 bridgehead atoms. The molecule has 0 unspecified atom stereocenters. The van der Waals surface area contributed by atoms with Crippen molar-refractivity contribution in [2.45, 2.75) is 6.42 Å². The Bertz CT molecular complexity index is 409. The van der Waals surface area contributed by atoms with Crippen molar-refractivity contribution in [1.29, 1.82) is 10.5 Å². The standard InChI is InChI=1S/C9H8N4/c10-2-1-8-6(5-11)3-7(12)4-9(8)13/h3-4H,1,12-13H2. The van der Waals surface area contributed by atoms with Crippen LogP contribution >= 0.6 is 0 Å². The molecule has 1 aromatic rings. The summed E-state index contributed by atoms with van der Waals surface area (Å²) >= 11 is 0. The van der Waals surface area contributed by atoms with Crippen molar-refractivity contribution in [2.75, 3.05) is 11.5 Å². The summed E-state index contributed by atoms with van der Waals surface area (Å²) < 4.78 is 0. The summed E-state index contributed by atoms with van der Waals surface area (Å²) in [5, 5.41) is 17.2. The Kier molecular flexibility index (Phi) is 2.37. The van der Waals surface area contributed by atoms with Gasteiger partial charge >= 0.3 is 0 Å². The average Bonchev–Trinajstić information content (AvgIpc) is 2.09. The average molecular weight is 172 g/mol. The van der Waals surface area contributed by atoms with Crippen molar-refractivity contribution in [3.8, 4) is 12.1 Å². The third kappa shape index (κ3) is 1.69. The molecule has 0 saturated carbocycles. The van der Waals surface area contributed by atoms with Gasteiger partial charge in [-0.05, 0) is 12.1 Å². The molecule has 13 heavy (non-hydrogen) atoms. The van der Waals surface area contributed by atoms with Gasteiger partial charge in [-0.2, -0.15) is 10.5 Å². The van der Waals surface area contributed by atoms with Gasteiger partial charge in [-0.15, -0.1) is 0 Å². The molecule has 0 aliphatic heterocycles. The predicted octanol–water partition coefficient (Wildman–Crippen LogP) is 0.789. The van der Waals surface area contributed by atoms with E-state index >= 15 is 0 Å². The molecule has 0 atom stereocenters. The summed E-state index contributed by atoms with van der Waals surface area (Å²) in [6.45, 7) is 0. The van der Waals surface area contributed by atoms with Crippen molar-refractivity contribution >= 4 is 11.4 Å². The van der Waals surface area contributed by atoms with Gasteiger partial charge in [0.1, 0.15) is 0 Å². The molecule has 1 rings (SSSR count). The Morgan fingerprint density at radius 1 is 1.23 bits per heavy atom. The van der Waals surface area contributed by atoms with Crippen molar-refractivity contribution in [3.63, 3.8) is 0 Å². The molecule has 4 N–H and O–H groups in total. The topological polar surface area (TPSA) is 99.6 Å². The van der Waals surface area contributed by atoms with E-state index in [1.54, 1.807) is 6.07 Å². The Hall–Kier alpha value is -2.20. The molecule has 0 spiro atoms. The van der Waals surface area contributed by atoms with E-state index in [0.717, 1.165) is 0 Å². The van der Waals surface area contributed by atoms with E-state index in [9.17, 15) is 0 Å². The maximum atomic E-state index is 8.72. The molecule has 0 aliphatic rings. The minimum absolute atomic E-state index is 0.134. The SMILES string of the molecule is N#CCc1c(N)cc(N)cc1C#N. The van der Waals surface area contributed by atoms with E-state index in [2.05, 4.69) is 0 Å². The van der Waals surface area contributed by atoms with Crippen molar-refractivity contribution in [3.05, 3.63) is 23.3 Å². The van der Waals surface area contributed by atoms with Crippen LogP contribution in [-0.2, 0) is 6.42 Å². The lowest BCUT2D eigenvalue weighted by Crippen LogP contribution is -1.99. The molecular formula is C9H8N4. The predicted molar refractivity (Wildman–Crippen MR) is 49.3 cm³/mol. The van der Waals surface area contributed by atoms with Gasteiger partial charge in [0, 0.05) is 16.9 Å². The summed E-state index contributed by atoms with van der Waals surface area (Å²) in [6, 6.07) is 6.96. The smallest absolute Gasteiger partial charge is 0.0996 e. The second-order valence-corrected chi connectivity index (χ2v) is 2.58. The van der Waals surface area contributed by atoms with Gasteiger partial charge in [0.25, 0.3) is 0 Å². The summed E-state index contributed by atoms with van der Waals surface area (Å²) in [7, 11) is 0. The molecule has 64 valence electrons. The first-order chi connectivity index (χ1) is 6.19. The largest absolute Gasteiger partial charge is 0.399 e. The molecule has 4 heteroatoms. The highest BCUT2D eigenvalue weighted by Gasteiger charge is 2.06. The fourth-order valence-corrected chi connectivity index (χ4v) is 1.09. The van der Waals surface area contributed by atoms with Crippen LogP contribution < -0.4 is 11.5 Å². The molecule has 0 radical (unpaired) electrons. The normalized spacial score (nSPS) is 8.77. The van der Waals surface area contributed by atoms with Crippen LogP contribution in [0.1, 0.15) is 11.1 Å². The quantitative estimate of drug-likeness (QED) is 0.611. The van der Waals surface area contributed by atoms with Gasteiger partial charge in [-0.3, -0.25) is 0 Å². The van der Waals surface area contributed by atoms with Gasteiger partial charge in [0.2, 0.25) is 0 Å². The van der Waals surface area contributed by atoms with E-state index in [4.69, 9.17) is 22.0 Å². The number of hydrogen-bond acceptors (Lipinski definition) is 4. The third-order valence-electron chi connectivity index (χ3n) is 1.68. The van der Waals surface area contributed by atoms with Crippen LogP contribution in [0.2, 0.25) is 0 Å². The molecule has 4 nitrogen and oxygen atoms in total. The van der Waals surface area contributed by atoms with Crippen LogP contribution in [0.3, 0.4) is 0 Å². The number of anilines is 2. The molecule has 0 amide bonds. The van der Waals surface area contributed by atoms with Crippen LogP contribution in [0.25, 0.3) is 0 Å². The highest BCUT2D eigenvalue weighted by atomic mass is 14.6. The van der Waals surface area contributed by atoms with Gasteiger partial charge in [-0.25, -0.2) is 0 Å². The number of rotatable bonds is 1. The van der Waals surface area contributed by atoms with E-state index in [1.807, 2.05) is 12.1 Å². The first-order valence-electron chi connectivity index (χ1n) is 3.64. The van der Waals surface area contributed by atoms with Crippen LogP contribution in [0.15, 0.2) is 12.1 Å². The van der Waals surface area contributed by atoms with Crippen molar-refractivity contribution < 1.29 is 0 Å². The zero-order valence-electron chi connectivity index (χ0n) is 6.91. The summed E-state index contributed by atoms with van der Waals surface area (Å²) in [6.07, 6.45) is 0.134. The summed E-state index contributed by atoms with van der Waals surface area (Å²) in [4.78, 5) is 0. The summed E-state index contributed by atoms with van der Waals surface area (Å²) in [5.41, 5.74) is 12.9. The summed E-state index contributed by atoms with van der Waals surface area (Å²) in [5.74, 6) is 0. The molecule has 0 aliphatic carbocycles. The number of hydrogen-bond donors (Lipinski definition) is 2. The van der Waals surface area contributed by atoms with Crippen molar-refractivity contribution in [2.24, 2.45) is 0 Å². The van der Waals surface area contributed by atoms with Crippen molar-refractivity contribution in [1.82, 2.24) is 0 Å². The number of nitrogens with two attached hydrogens (primary N) is 2. The monoisotopic (exact) mass is 172 g/mol. The van der Waals surface area contributed by atoms with Crippen LogP contribution in [0.4, 0.5) is 11.4 Å². The number of nitriles is 2. The van der Waals surface area contributed by atoms with Gasteiger partial charge in [0.05, 0.1) is 24.1 Å². The Morgan fingerprint density at radius 2 is 1.92 bits per heavy atom. The van der Waals surface area contributed by atoms with E-state index in [-0.39, 0.29) is 6.42 Å². The highest BCUT2D eigenvalue weighted by molar-refractivity contribution is 5.64. The lowest BCUT2D eigenvalue weighted by atomic mass is 10.0. The van der Waals surface area contributed by atoms with Crippen LogP contribution in [-0.4, -0.2) is 0 Å². The fourth-order valence-electron chi connectivity index (χ4n) is 1.09. The zero-order valence-corrected chi connectivity index (χ0v) is 6.91. The van der Waals surface area contributed by atoms with E-state index < -0.39 is 0 Å². The van der Waals surface area contributed by atoms with Crippen LogP contribution in [0, 0.1) is 22.7 Å². The maximum absolute atomic E-state index is 8.72.